The van der Waals surface area contributed by atoms with Crippen molar-refractivity contribution in [2.24, 2.45) is 0 Å². The minimum absolute atomic E-state index is 0.160. The van der Waals surface area contributed by atoms with Crippen LogP contribution < -0.4 is 9.80 Å². The molecule has 0 spiro atoms. The van der Waals surface area contributed by atoms with Gasteiger partial charge in [-0.15, -0.1) is 0 Å². The Kier molecular flexibility index (Phi) is 12.1. The molecule has 2 aliphatic rings. The molecule has 2 aliphatic carbocycles. The SMILES string of the molecule is CC1(C)c2ccccc2-c2ccc(N(c3ccc(C4CCCCC4)cc3)c3cc(-c4ccc(-c5c(-c6ccccc6)cccc5-c5ccccc5)cc4)cc(N(c4ccccc4)c4ccc5ccccc5c4)c3)cc21. The Labute approximate surface area is 442 Å². The van der Waals surface area contributed by atoms with Crippen LogP contribution in [0.25, 0.3) is 66.4 Å². The molecule has 1 saturated carbocycles. The largest absolute Gasteiger partial charge is 0.310 e. The fraction of sp³-hybridized carbons (Fsp3) is 0.123. The van der Waals surface area contributed by atoms with Gasteiger partial charge in [0.15, 0.2) is 0 Å². The van der Waals surface area contributed by atoms with Crippen LogP contribution in [-0.2, 0) is 5.41 Å². The average Bonchev–Trinajstić information content (AvgIpc) is 3.71. The highest BCUT2D eigenvalue weighted by Crippen LogP contribution is 2.52. The van der Waals surface area contributed by atoms with E-state index in [1.54, 1.807) is 0 Å². The van der Waals surface area contributed by atoms with Crippen molar-refractivity contribution in [3.8, 4) is 55.6 Å². The van der Waals surface area contributed by atoms with Gasteiger partial charge >= 0.3 is 0 Å². The second-order valence-electron chi connectivity index (χ2n) is 21.1. The number of fused-ring (bicyclic) bond motifs is 4. The number of para-hydroxylation sites is 1. The first-order valence-electron chi connectivity index (χ1n) is 26.9. The number of hydrogen-bond acceptors (Lipinski definition) is 2. The van der Waals surface area contributed by atoms with E-state index in [4.69, 9.17) is 0 Å². The lowest BCUT2D eigenvalue weighted by Gasteiger charge is -2.31. The molecule has 2 heteroatoms. The van der Waals surface area contributed by atoms with Gasteiger partial charge in [-0.2, -0.15) is 0 Å². The Morgan fingerprint density at radius 2 is 0.813 bits per heavy atom. The summed E-state index contributed by atoms with van der Waals surface area (Å²) >= 11 is 0. The van der Waals surface area contributed by atoms with Crippen molar-refractivity contribution in [1.29, 1.82) is 0 Å². The lowest BCUT2D eigenvalue weighted by Crippen LogP contribution is -2.17. The van der Waals surface area contributed by atoms with E-state index in [0.717, 1.165) is 45.3 Å². The standard InChI is InChI=1S/C73H60N2/c1-73(2)70-33-18-17-30-68(70)69-45-44-63(50-71(69)73)75(61-41-38-53(39-42-61)51-20-7-3-8-21-51)65-48-59(47-64(49-65)74(60-28-13-6-14-29-60)62-43-40-52-22-15-16-27-58(52)46-62)54-34-36-57(37-35-54)72-66(55-23-9-4-10-24-55)31-19-32-67(72)56-25-11-5-12-26-56/h4-6,9-19,22-51H,3,7-8,20-21H2,1-2H3. The Morgan fingerprint density at radius 3 is 1.48 bits per heavy atom. The Bertz CT molecular complexity index is 3760. The third-order valence-electron chi connectivity index (χ3n) is 16.2. The second-order valence-corrected chi connectivity index (χ2v) is 21.1. The van der Waals surface area contributed by atoms with Crippen LogP contribution in [-0.4, -0.2) is 0 Å². The summed E-state index contributed by atoms with van der Waals surface area (Å²) in [5, 5.41) is 2.42. The average molecular weight is 965 g/mol. The molecule has 1 fully saturated rings. The summed E-state index contributed by atoms with van der Waals surface area (Å²) in [4.78, 5) is 4.94. The molecule has 0 N–H and O–H groups in total. The third kappa shape index (κ3) is 8.71. The molecule has 75 heavy (non-hydrogen) atoms. The molecule has 0 amide bonds. The highest BCUT2D eigenvalue weighted by Gasteiger charge is 2.36. The first-order chi connectivity index (χ1) is 36.9. The molecule has 2 nitrogen and oxygen atoms in total. The molecule has 0 bridgehead atoms. The fourth-order valence-corrected chi connectivity index (χ4v) is 12.4. The maximum atomic E-state index is 2.51. The maximum absolute atomic E-state index is 2.51. The van der Waals surface area contributed by atoms with Crippen molar-refractivity contribution >= 4 is 44.9 Å². The normalized spacial score (nSPS) is 13.8. The van der Waals surface area contributed by atoms with E-state index in [-0.39, 0.29) is 5.41 Å². The van der Waals surface area contributed by atoms with Crippen LogP contribution in [0.3, 0.4) is 0 Å². The number of rotatable bonds is 11. The van der Waals surface area contributed by atoms with Crippen LogP contribution in [0.2, 0.25) is 0 Å². The van der Waals surface area contributed by atoms with Crippen molar-refractivity contribution < 1.29 is 0 Å². The molecule has 0 radical (unpaired) electrons. The summed E-state index contributed by atoms with van der Waals surface area (Å²) < 4.78 is 0. The van der Waals surface area contributed by atoms with Crippen molar-refractivity contribution in [1.82, 2.24) is 0 Å². The molecular formula is C73H60N2. The topological polar surface area (TPSA) is 6.48 Å². The first kappa shape index (κ1) is 46.1. The van der Waals surface area contributed by atoms with Crippen LogP contribution >= 0.6 is 0 Å². The number of hydrogen-bond donors (Lipinski definition) is 0. The van der Waals surface area contributed by atoms with Crippen LogP contribution in [0.4, 0.5) is 34.1 Å². The third-order valence-corrected chi connectivity index (χ3v) is 16.2. The second kappa shape index (κ2) is 19.6. The van der Waals surface area contributed by atoms with Crippen LogP contribution in [0.5, 0.6) is 0 Å². The Hall–Kier alpha value is -8.72. The quantitative estimate of drug-likeness (QED) is 0.127. The predicted octanol–water partition coefficient (Wildman–Crippen LogP) is 20.8. The van der Waals surface area contributed by atoms with Gasteiger partial charge in [0.05, 0.1) is 0 Å². The van der Waals surface area contributed by atoms with Crippen molar-refractivity contribution in [3.63, 3.8) is 0 Å². The van der Waals surface area contributed by atoms with E-state index in [9.17, 15) is 0 Å². The van der Waals surface area contributed by atoms with Gasteiger partial charge in [0.25, 0.3) is 0 Å². The van der Waals surface area contributed by atoms with Crippen LogP contribution in [0.1, 0.15) is 68.6 Å². The van der Waals surface area contributed by atoms with Crippen LogP contribution in [0, 0.1) is 0 Å². The highest BCUT2D eigenvalue weighted by molar-refractivity contribution is 5.96. The molecule has 13 rings (SSSR count). The van der Waals surface area contributed by atoms with Crippen molar-refractivity contribution in [2.75, 3.05) is 9.80 Å². The zero-order valence-electron chi connectivity index (χ0n) is 42.8. The predicted molar refractivity (Wildman–Crippen MR) is 318 cm³/mol. The first-order valence-corrected chi connectivity index (χ1v) is 26.9. The molecule has 362 valence electrons. The zero-order valence-corrected chi connectivity index (χ0v) is 42.8. The summed E-state index contributed by atoms with van der Waals surface area (Å²) in [6, 6.07) is 97.0. The molecule has 11 aromatic carbocycles. The smallest absolute Gasteiger partial charge is 0.0488 e. The minimum atomic E-state index is -0.160. The molecular weight excluding hydrogens is 905 g/mol. The van der Waals surface area contributed by atoms with Gasteiger partial charge in [0.2, 0.25) is 0 Å². The zero-order chi connectivity index (χ0) is 50.3. The maximum Gasteiger partial charge on any atom is 0.0488 e. The van der Waals surface area contributed by atoms with E-state index in [1.807, 2.05) is 0 Å². The monoisotopic (exact) mass is 964 g/mol. The van der Waals surface area contributed by atoms with E-state index in [0.29, 0.717) is 5.92 Å². The Balaban J connectivity index is 1.02. The summed E-state index contributed by atoms with van der Waals surface area (Å²) in [6.45, 7) is 4.77. The number of nitrogens with zero attached hydrogens (tertiary/aromatic N) is 2. The van der Waals surface area contributed by atoms with E-state index < -0.39 is 0 Å². The van der Waals surface area contributed by atoms with Gasteiger partial charge in [-0.25, -0.2) is 0 Å². The van der Waals surface area contributed by atoms with Gasteiger partial charge in [-0.3, -0.25) is 0 Å². The van der Waals surface area contributed by atoms with Crippen molar-refractivity contribution in [2.45, 2.75) is 57.3 Å². The van der Waals surface area contributed by atoms with Crippen LogP contribution in [0.15, 0.2) is 261 Å². The molecule has 0 atom stereocenters. The molecule has 0 aliphatic heterocycles. The van der Waals surface area contributed by atoms with E-state index in [2.05, 4.69) is 285 Å². The molecule has 0 heterocycles. The van der Waals surface area contributed by atoms with E-state index >= 15 is 0 Å². The molecule has 0 unspecified atom stereocenters. The van der Waals surface area contributed by atoms with Gasteiger partial charge in [0.1, 0.15) is 0 Å². The fourth-order valence-electron chi connectivity index (χ4n) is 12.4. The highest BCUT2D eigenvalue weighted by atomic mass is 15.2. The van der Waals surface area contributed by atoms with Gasteiger partial charge < -0.3 is 9.80 Å². The molecule has 0 saturated heterocycles. The van der Waals surface area contributed by atoms with Crippen molar-refractivity contribution in [3.05, 3.63) is 278 Å². The van der Waals surface area contributed by atoms with E-state index in [1.165, 1.54) is 104 Å². The van der Waals surface area contributed by atoms with Gasteiger partial charge in [0, 0.05) is 39.5 Å². The summed E-state index contributed by atoms with van der Waals surface area (Å²) in [6.07, 6.45) is 6.50. The number of benzene rings is 11. The summed E-state index contributed by atoms with van der Waals surface area (Å²) in [5.41, 5.74) is 22.8. The Morgan fingerprint density at radius 1 is 0.307 bits per heavy atom. The molecule has 11 aromatic rings. The number of anilines is 6. The molecule has 0 aromatic heterocycles. The minimum Gasteiger partial charge on any atom is -0.310 e. The lowest BCUT2D eigenvalue weighted by atomic mass is 9.82. The lowest BCUT2D eigenvalue weighted by molar-refractivity contribution is 0.443. The summed E-state index contributed by atoms with van der Waals surface area (Å²) in [5.74, 6) is 0.614. The van der Waals surface area contributed by atoms with Gasteiger partial charge in [-0.05, 0) is 169 Å². The summed E-state index contributed by atoms with van der Waals surface area (Å²) in [7, 11) is 0. The van der Waals surface area contributed by atoms with Gasteiger partial charge in [-0.1, -0.05) is 227 Å².